The third kappa shape index (κ3) is 3.38. The van der Waals surface area contributed by atoms with Crippen molar-refractivity contribution in [3.63, 3.8) is 0 Å². The summed E-state index contributed by atoms with van der Waals surface area (Å²) in [6, 6.07) is 7.67. The summed E-state index contributed by atoms with van der Waals surface area (Å²) in [6.07, 6.45) is 1.97. The Balaban J connectivity index is 2.03. The van der Waals surface area contributed by atoms with Crippen LogP contribution in [-0.4, -0.2) is 10.9 Å². The summed E-state index contributed by atoms with van der Waals surface area (Å²) in [7, 11) is 0. The first-order valence-electron chi connectivity index (χ1n) is 5.37. The third-order valence-electron chi connectivity index (χ3n) is 2.41. The van der Waals surface area contributed by atoms with Gasteiger partial charge in [-0.3, -0.25) is 4.79 Å². The summed E-state index contributed by atoms with van der Waals surface area (Å²) >= 11 is 4.69. The van der Waals surface area contributed by atoms with Crippen LogP contribution in [0.15, 0.2) is 34.2 Å². The quantitative estimate of drug-likeness (QED) is 0.907. The largest absolute Gasteiger partial charge is 0.326 e. The molecule has 2 aromatic rings. The number of nitrogens with zero attached hydrogens (tertiary/aromatic N) is 1. The van der Waals surface area contributed by atoms with Gasteiger partial charge in [-0.05, 0) is 27.1 Å². The maximum Gasteiger partial charge on any atom is 0.230 e. The normalized spacial score (nSPS) is 10.3. The fourth-order valence-corrected chi connectivity index (χ4v) is 2.70. The summed E-state index contributed by atoms with van der Waals surface area (Å²) in [5.74, 6) is -0.0854. The monoisotopic (exact) mass is 325 g/mol. The summed E-state index contributed by atoms with van der Waals surface area (Å²) in [5, 5.41) is 3.35. The second kappa shape index (κ2) is 6.08. The molecule has 1 amide bonds. The third-order valence-corrected chi connectivity index (χ3v) is 3.80. The molecular formula is C12H12BrN3OS. The van der Waals surface area contributed by atoms with Crippen molar-refractivity contribution in [3.05, 3.63) is 45.4 Å². The van der Waals surface area contributed by atoms with E-state index < -0.39 is 0 Å². The predicted octanol–water partition coefficient (Wildman–Crippen LogP) is 2.55. The molecule has 1 heterocycles. The lowest BCUT2D eigenvalue weighted by molar-refractivity contribution is -0.115. The van der Waals surface area contributed by atoms with E-state index in [1.54, 1.807) is 6.20 Å². The number of amides is 1. The molecule has 0 spiro atoms. The first-order valence-corrected chi connectivity index (χ1v) is 6.98. The zero-order valence-electron chi connectivity index (χ0n) is 9.52. The number of benzene rings is 1. The smallest absolute Gasteiger partial charge is 0.230 e. The van der Waals surface area contributed by atoms with E-state index in [0.29, 0.717) is 18.1 Å². The maximum atomic E-state index is 11.9. The maximum absolute atomic E-state index is 11.9. The minimum absolute atomic E-state index is 0.0854. The van der Waals surface area contributed by atoms with Crippen molar-refractivity contribution >= 4 is 38.3 Å². The molecule has 0 bridgehead atoms. The summed E-state index contributed by atoms with van der Waals surface area (Å²) in [5.41, 5.74) is 7.58. The lowest BCUT2D eigenvalue weighted by atomic mass is 10.0. The number of nitrogens with one attached hydrogen (secondary N) is 1. The number of thiazole rings is 1. The number of anilines is 1. The molecule has 6 heteroatoms. The Labute approximate surface area is 117 Å². The van der Waals surface area contributed by atoms with Crippen LogP contribution in [0.3, 0.4) is 0 Å². The zero-order valence-corrected chi connectivity index (χ0v) is 11.9. The van der Waals surface area contributed by atoms with Gasteiger partial charge in [0, 0.05) is 6.54 Å². The standard InChI is InChI=1S/C12H12BrN3OS/c13-10-7-15-12(18-10)16-11(17)5-8-3-1-2-4-9(8)6-14/h1-4,7H,5-6,14H2,(H,15,16,17). The van der Waals surface area contributed by atoms with Crippen molar-refractivity contribution in [2.75, 3.05) is 5.32 Å². The molecule has 3 N–H and O–H groups in total. The Morgan fingerprint density at radius 1 is 1.39 bits per heavy atom. The number of carbonyl (C=O) groups is 1. The van der Waals surface area contributed by atoms with Crippen LogP contribution in [0.4, 0.5) is 5.13 Å². The number of nitrogens with two attached hydrogens (primary N) is 1. The van der Waals surface area contributed by atoms with Gasteiger partial charge in [0.1, 0.15) is 0 Å². The first-order chi connectivity index (χ1) is 8.69. The second-order valence-corrected chi connectivity index (χ2v) is 6.08. The summed E-state index contributed by atoms with van der Waals surface area (Å²) in [6.45, 7) is 0.437. The van der Waals surface area contributed by atoms with Crippen LogP contribution in [0, 0.1) is 0 Å². The van der Waals surface area contributed by atoms with Crippen molar-refractivity contribution in [1.82, 2.24) is 4.98 Å². The van der Waals surface area contributed by atoms with Crippen LogP contribution in [0.2, 0.25) is 0 Å². The van der Waals surface area contributed by atoms with Gasteiger partial charge in [-0.1, -0.05) is 35.6 Å². The highest BCUT2D eigenvalue weighted by molar-refractivity contribution is 9.11. The van der Waals surface area contributed by atoms with Crippen molar-refractivity contribution < 1.29 is 4.79 Å². The molecule has 2 rings (SSSR count). The molecule has 0 aliphatic rings. The van der Waals surface area contributed by atoms with E-state index in [1.165, 1.54) is 11.3 Å². The molecule has 1 aromatic heterocycles. The first kappa shape index (κ1) is 13.2. The van der Waals surface area contributed by atoms with E-state index in [-0.39, 0.29) is 5.91 Å². The minimum Gasteiger partial charge on any atom is -0.326 e. The van der Waals surface area contributed by atoms with E-state index >= 15 is 0 Å². The van der Waals surface area contributed by atoms with Crippen molar-refractivity contribution in [2.24, 2.45) is 5.73 Å². The number of hydrogen-bond donors (Lipinski definition) is 2. The van der Waals surface area contributed by atoms with E-state index in [0.717, 1.165) is 14.9 Å². The van der Waals surface area contributed by atoms with E-state index in [4.69, 9.17) is 5.73 Å². The molecular weight excluding hydrogens is 314 g/mol. The highest BCUT2D eigenvalue weighted by Gasteiger charge is 2.09. The average molecular weight is 326 g/mol. The fraction of sp³-hybridized carbons (Fsp3) is 0.167. The molecule has 0 aliphatic heterocycles. The van der Waals surface area contributed by atoms with Gasteiger partial charge in [-0.25, -0.2) is 4.98 Å². The number of hydrogen-bond acceptors (Lipinski definition) is 4. The predicted molar refractivity (Wildman–Crippen MR) is 76.5 cm³/mol. The topological polar surface area (TPSA) is 68.0 Å². The summed E-state index contributed by atoms with van der Waals surface area (Å²) < 4.78 is 0.889. The molecule has 0 saturated heterocycles. The Morgan fingerprint density at radius 3 is 2.72 bits per heavy atom. The lowest BCUT2D eigenvalue weighted by Crippen LogP contribution is -2.15. The Kier molecular flexibility index (Phi) is 4.46. The van der Waals surface area contributed by atoms with Gasteiger partial charge in [0.2, 0.25) is 5.91 Å². The number of rotatable bonds is 4. The van der Waals surface area contributed by atoms with Gasteiger partial charge in [0.05, 0.1) is 16.4 Å². The minimum atomic E-state index is -0.0854. The SMILES string of the molecule is NCc1ccccc1CC(=O)Nc1ncc(Br)s1. The molecule has 4 nitrogen and oxygen atoms in total. The van der Waals surface area contributed by atoms with Gasteiger partial charge >= 0.3 is 0 Å². The van der Waals surface area contributed by atoms with Gasteiger partial charge in [-0.2, -0.15) is 0 Å². The van der Waals surface area contributed by atoms with Crippen LogP contribution in [0.5, 0.6) is 0 Å². The highest BCUT2D eigenvalue weighted by atomic mass is 79.9. The Bertz CT molecular complexity index is 556. The average Bonchev–Trinajstić information content (AvgIpc) is 2.75. The van der Waals surface area contributed by atoms with Gasteiger partial charge < -0.3 is 11.1 Å². The van der Waals surface area contributed by atoms with E-state index in [9.17, 15) is 4.79 Å². The molecule has 0 atom stereocenters. The van der Waals surface area contributed by atoms with Crippen molar-refractivity contribution in [1.29, 1.82) is 0 Å². The van der Waals surface area contributed by atoms with Crippen LogP contribution in [-0.2, 0) is 17.8 Å². The van der Waals surface area contributed by atoms with Gasteiger partial charge in [-0.15, -0.1) is 0 Å². The van der Waals surface area contributed by atoms with Gasteiger partial charge in [0.15, 0.2) is 5.13 Å². The molecule has 0 fully saturated rings. The molecule has 94 valence electrons. The number of halogens is 1. The van der Waals surface area contributed by atoms with E-state index in [2.05, 4.69) is 26.2 Å². The Morgan fingerprint density at radius 2 is 2.11 bits per heavy atom. The highest BCUT2D eigenvalue weighted by Crippen LogP contribution is 2.23. The van der Waals surface area contributed by atoms with Crippen LogP contribution in [0.25, 0.3) is 0 Å². The Hall–Kier alpha value is -1.24. The number of aromatic nitrogens is 1. The molecule has 18 heavy (non-hydrogen) atoms. The fourth-order valence-electron chi connectivity index (χ4n) is 1.58. The van der Waals surface area contributed by atoms with Crippen LogP contribution >= 0.6 is 27.3 Å². The van der Waals surface area contributed by atoms with Crippen molar-refractivity contribution in [2.45, 2.75) is 13.0 Å². The van der Waals surface area contributed by atoms with E-state index in [1.807, 2.05) is 24.3 Å². The van der Waals surface area contributed by atoms with Crippen LogP contribution in [0.1, 0.15) is 11.1 Å². The zero-order chi connectivity index (χ0) is 13.0. The van der Waals surface area contributed by atoms with Crippen molar-refractivity contribution in [3.8, 4) is 0 Å². The molecule has 0 radical (unpaired) electrons. The summed E-state index contributed by atoms with van der Waals surface area (Å²) in [4.78, 5) is 15.9. The van der Waals surface area contributed by atoms with Crippen LogP contribution < -0.4 is 11.1 Å². The lowest BCUT2D eigenvalue weighted by Gasteiger charge is -2.06. The van der Waals surface area contributed by atoms with Gasteiger partial charge in [0.25, 0.3) is 0 Å². The number of carbonyl (C=O) groups excluding carboxylic acids is 1. The molecule has 0 unspecified atom stereocenters. The molecule has 0 saturated carbocycles. The molecule has 0 aliphatic carbocycles. The molecule has 1 aromatic carbocycles. The second-order valence-electron chi connectivity index (χ2n) is 3.67.